The summed E-state index contributed by atoms with van der Waals surface area (Å²) in [5.74, 6) is -1.39. The number of carbonyl (C=O) groups is 2. The van der Waals surface area contributed by atoms with Gasteiger partial charge in [0, 0.05) is 5.39 Å². The molecule has 7 nitrogen and oxygen atoms in total. The van der Waals surface area contributed by atoms with Gasteiger partial charge in [0.25, 0.3) is 0 Å². The van der Waals surface area contributed by atoms with Crippen LogP contribution in [-0.2, 0) is 14.8 Å². The highest BCUT2D eigenvalue weighted by Gasteiger charge is 2.20. The predicted molar refractivity (Wildman–Crippen MR) is 98.5 cm³/mol. The number of furan rings is 1. The fourth-order valence-electron chi connectivity index (χ4n) is 2.35. The summed E-state index contributed by atoms with van der Waals surface area (Å²) in [6.07, 6.45) is 0. The first-order valence-electron chi connectivity index (χ1n) is 7.74. The van der Waals surface area contributed by atoms with E-state index in [1.54, 1.807) is 30.3 Å². The van der Waals surface area contributed by atoms with Crippen molar-refractivity contribution in [2.75, 3.05) is 13.7 Å². The average molecular weight is 408 g/mol. The third-order valence-corrected chi connectivity index (χ3v) is 5.51. The molecule has 0 aliphatic carbocycles. The number of para-hydroxylation sites is 1. The van der Waals surface area contributed by atoms with Crippen LogP contribution in [0.25, 0.3) is 11.0 Å². The summed E-state index contributed by atoms with van der Waals surface area (Å²) in [7, 11) is -2.51. The van der Waals surface area contributed by atoms with Crippen molar-refractivity contribution in [3.05, 3.63) is 64.9 Å². The van der Waals surface area contributed by atoms with Crippen LogP contribution in [0.15, 0.2) is 57.8 Å². The van der Waals surface area contributed by atoms with Crippen LogP contribution in [0.2, 0.25) is 5.02 Å². The number of benzene rings is 2. The minimum Gasteiger partial charge on any atom is -0.454 e. The highest BCUT2D eigenvalue weighted by Crippen LogP contribution is 2.22. The molecule has 0 amide bonds. The minimum atomic E-state index is -3.76. The number of Topliss-reactive ketones (excluding diaryl/α,β-unsaturated/α-hetero) is 1. The van der Waals surface area contributed by atoms with E-state index >= 15 is 0 Å². The maximum Gasteiger partial charge on any atom is 0.340 e. The van der Waals surface area contributed by atoms with Crippen LogP contribution in [0, 0.1) is 0 Å². The molecule has 0 saturated carbocycles. The van der Waals surface area contributed by atoms with Gasteiger partial charge in [-0.1, -0.05) is 29.8 Å². The quantitative estimate of drug-likeness (QED) is 0.497. The zero-order valence-electron chi connectivity index (χ0n) is 14.1. The van der Waals surface area contributed by atoms with Crippen molar-refractivity contribution in [3.8, 4) is 0 Å². The van der Waals surface area contributed by atoms with E-state index < -0.39 is 28.4 Å². The van der Waals surface area contributed by atoms with Crippen molar-refractivity contribution in [2.45, 2.75) is 4.90 Å². The van der Waals surface area contributed by atoms with E-state index in [9.17, 15) is 18.0 Å². The lowest BCUT2D eigenvalue weighted by Gasteiger charge is -2.08. The molecule has 0 atom stereocenters. The second kappa shape index (κ2) is 7.51. The molecule has 0 saturated heterocycles. The zero-order chi connectivity index (χ0) is 19.6. The molecule has 9 heteroatoms. The summed E-state index contributed by atoms with van der Waals surface area (Å²) >= 11 is 5.95. The third kappa shape index (κ3) is 4.02. The van der Waals surface area contributed by atoms with Crippen LogP contribution >= 0.6 is 11.6 Å². The van der Waals surface area contributed by atoms with E-state index in [0.29, 0.717) is 5.58 Å². The van der Waals surface area contributed by atoms with Crippen molar-refractivity contribution in [1.29, 1.82) is 0 Å². The summed E-state index contributed by atoms with van der Waals surface area (Å²) in [6.45, 7) is -0.571. The standard InChI is InChI=1S/C18H14ClNO6S/c1-20-27(23,24)12-6-7-14(19)13(9-12)18(22)25-10-15(21)17-8-11-4-2-3-5-16(11)26-17/h2-9,20H,10H2,1H3. The number of carbonyl (C=O) groups excluding carboxylic acids is 2. The monoisotopic (exact) mass is 407 g/mol. The van der Waals surface area contributed by atoms with E-state index in [2.05, 4.69) is 4.72 Å². The molecule has 0 radical (unpaired) electrons. The summed E-state index contributed by atoms with van der Waals surface area (Å²) in [5, 5.41) is 0.756. The number of hydrogen-bond acceptors (Lipinski definition) is 6. The topological polar surface area (TPSA) is 103 Å². The van der Waals surface area contributed by atoms with E-state index in [1.807, 2.05) is 0 Å². The second-order valence-electron chi connectivity index (χ2n) is 5.50. The van der Waals surface area contributed by atoms with Gasteiger partial charge in [-0.25, -0.2) is 17.9 Å². The van der Waals surface area contributed by atoms with Gasteiger partial charge in [-0.05, 0) is 37.4 Å². The van der Waals surface area contributed by atoms with Gasteiger partial charge >= 0.3 is 5.97 Å². The van der Waals surface area contributed by atoms with Gasteiger partial charge in [0.2, 0.25) is 15.8 Å². The van der Waals surface area contributed by atoms with Gasteiger partial charge in [0.05, 0.1) is 15.5 Å². The predicted octanol–water partition coefficient (Wildman–Crippen LogP) is 3.03. The summed E-state index contributed by atoms with van der Waals surface area (Å²) < 4.78 is 36.2. The molecule has 0 bridgehead atoms. The Kier molecular flexibility index (Phi) is 5.31. The normalized spacial score (nSPS) is 11.5. The smallest absolute Gasteiger partial charge is 0.340 e. The van der Waals surface area contributed by atoms with Gasteiger partial charge in [0.15, 0.2) is 12.4 Å². The lowest BCUT2D eigenvalue weighted by Crippen LogP contribution is -2.19. The summed E-state index contributed by atoms with van der Waals surface area (Å²) in [6, 6.07) is 12.2. The lowest BCUT2D eigenvalue weighted by atomic mass is 10.2. The molecular formula is C18H14ClNO6S. The van der Waals surface area contributed by atoms with Crippen LogP contribution < -0.4 is 4.72 Å². The van der Waals surface area contributed by atoms with Crippen molar-refractivity contribution >= 4 is 44.3 Å². The van der Waals surface area contributed by atoms with Crippen LogP contribution in [-0.4, -0.2) is 33.8 Å². The molecule has 1 heterocycles. The first kappa shape index (κ1) is 19.1. The van der Waals surface area contributed by atoms with Crippen LogP contribution in [0.3, 0.4) is 0 Å². The first-order valence-corrected chi connectivity index (χ1v) is 9.60. The molecule has 27 heavy (non-hydrogen) atoms. The van der Waals surface area contributed by atoms with Gasteiger partial charge in [-0.3, -0.25) is 4.79 Å². The number of nitrogens with one attached hydrogen (secondary N) is 1. The Morgan fingerprint density at radius 2 is 1.89 bits per heavy atom. The van der Waals surface area contributed by atoms with Crippen LogP contribution in [0.5, 0.6) is 0 Å². The number of ketones is 1. The zero-order valence-corrected chi connectivity index (χ0v) is 15.6. The number of halogens is 1. The van der Waals surface area contributed by atoms with Gasteiger partial charge in [-0.2, -0.15) is 0 Å². The molecule has 1 aromatic heterocycles. The first-order chi connectivity index (χ1) is 12.8. The Hall–Kier alpha value is -2.68. The molecule has 0 aliphatic rings. The van der Waals surface area contributed by atoms with E-state index in [1.165, 1.54) is 19.2 Å². The van der Waals surface area contributed by atoms with E-state index in [0.717, 1.165) is 11.5 Å². The Bertz CT molecular complexity index is 1100. The Balaban J connectivity index is 1.75. The maximum absolute atomic E-state index is 12.2. The van der Waals surface area contributed by atoms with Crippen molar-refractivity contribution in [1.82, 2.24) is 4.72 Å². The highest BCUT2D eigenvalue weighted by atomic mass is 35.5. The van der Waals surface area contributed by atoms with E-state index in [-0.39, 0.29) is 21.2 Å². The van der Waals surface area contributed by atoms with Crippen LogP contribution in [0.4, 0.5) is 0 Å². The fourth-order valence-corrected chi connectivity index (χ4v) is 3.30. The SMILES string of the molecule is CNS(=O)(=O)c1ccc(Cl)c(C(=O)OCC(=O)c2cc3ccccc3o2)c1. The fraction of sp³-hybridized carbons (Fsp3) is 0.111. The largest absolute Gasteiger partial charge is 0.454 e. The molecule has 0 unspecified atom stereocenters. The Morgan fingerprint density at radius 1 is 1.15 bits per heavy atom. The molecule has 0 fully saturated rings. The number of hydrogen-bond donors (Lipinski definition) is 1. The lowest BCUT2D eigenvalue weighted by molar-refractivity contribution is 0.0468. The van der Waals surface area contributed by atoms with Crippen molar-refractivity contribution in [2.24, 2.45) is 0 Å². The van der Waals surface area contributed by atoms with Gasteiger partial charge < -0.3 is 9.15 Å². The number of fused-ring (bicyclic) bond motifs is 1. The number of esters is 1. The maximum atomic E-state index is 12.2. The molecular weight excluding hydrogens is 394 g/mol. The molecule has 2 aromatic carbocycles. The van der Waals surface area contributed by atoms with Crippen molar-refractivity contribution < 1.29 is 27.2 Å². The summed E-state index contributed by atoms with van der Waals surface area (Å²) in [5.41, 5.74) is 0.380. The molecule has 3 rings (SSSR count). The number of sulfonamides is 1. The summed E-state index contributed by atoms with van der Waals surface area (Å²) in [4.78, 5) is 24.3. The van der Waals surface area contributed by atoms with Crippen LogP contribution in [0.1, 0.15) is 20.9 Å². The van der Waals surface area contributed by atoms with Gasteiger partial charge in [-0.15, -0.1) is 0 Å². The molecule has 1 N–H and O–H groups in total. The molecule has 140 valence electrons. The highest BCUT2D eigenvalue weighted by molar-refractivity contribution is 7.89. The second-order valence-corrected chi connectivity index (χ2v) is 7.79. The Labute approximate surface area is 159 Å². The van der Waals surface area contributed by atoms with Gasteiger partial charge in [0.1, 0.15) is 5.58 Å². The van der Waals surface area contributed by atoms with Crippen molar-refractivity contribution in [3.63, 3.8) is 0 Å². The minimum absolute atomic E-state index is 0.00578. The third-order valence-electron chi connectivity index (χ3n) is 3.77. The van der Waals surface area contributed by atoms with E-state index in [4.69, 9.17) is 20.8 Å². The number of rotatable bonds is 6. The molecule has 0 spiro atoms. The Morgan fingerprint density at radius 3 is 2.59 bits per heavy atom. The molecule has 3 aromatic rings. The number of ether oxygens (including phenoxy) is 1. The average Bonchev–Trinajstić information content (AvgIpc) is 3.10. The molecule has 0 aliphatic heterocycles.